The van der Waals surface area contributed by atoms with Crippen molar-refractivity contribution in [1.29, 1.82) is 0 Å². The minimum absolute atomic E-state index is 0.329. The highest BCUT2D eigenvalue weighted by Crippen LogP contribution is 2.27. The molecule has 1 heterocycles. The van der Waals surface area contributed by atoms with Crippen LogP contribution in [0.3, 0.4) is 0 Å². The molecule has 124 valence electrons. The Bertz CT molecular complexity index is 805. The van der Waals surface area contributed by atoms with Crippen molar-refractivity contribution in [1.82, 2.24) is 20.2 Å². The lowest BCUT2D eigenvalue weighted by molar-refractivity contribution is 0.414. The van der Waals surface area contributed by atoms with Gasteiger partial charge in [-0.15, -0.1) is 5.10 Å². The number of thioether (sulfide) groups is 1. The second kappa shape index (κ2) is 7.63. The van der Waals surface area contributed by atoms with Gasteiger partial charge in [0.2, 0.25) is 5.16 Å². The molecule has 0 spiro atoms. The third-order valence-electron chi connectivity index (χ3n) is 3.40. The van der Waals surface area contributed by atoms with E-state index < -0.39 is 0 Å². The van der Waals surface area contributed by atoms with Crippen LogP contribution in [-0.4, -0.2) is 27.3 Å². The van der Waals surface area contributed by atoms with Crippen molar-refractivity contribution in [2.75, 3.05) is 7.11 Å². The number of nitrogens with zero attached hydrogens (tertiary/aromatic N) is 4. The molecule has 0 aliphatic rings. The minimum Gasteiger partial charge on any atom is -0.497 e. The van der Waals surface area contributed by atoms with Gasteiger partial charge in [0.1, 0.15) is 11.6 Å². The largest absolute Gasteiger partial charge is 0.497 e. The molecule has 24 heavy (non-hydrogen) atoms. The van der Waals surface area contributed by atoms with E-state index in [0.29, 0.717) is 28.0 Å². The van der Waals surface area contributed by atoms with E-state index in [1.54, 1.807) is 23.9 Å². The summed E-state index contributed by atoms with van der Waals surface area (Å²) >= 11 is 7.38. The SMILES string of the molecule is COc1ccc(Cn2nnnc2SCc2c(F)cccc2Cl)cc1. The number of hydrogen-bond acceptors (Lipinski definition) is 5. The molecule has 5 nitrogen and oxygen atoms in total. The lowest BCUT2D eigenvalue weighted by atomic mass is 10.2. The van der Waals surface area contributed by atoms with Crippen LogP contribution in [0, 0.1) is 5.82 Å². The van der Waals surface area contributed by atoms with E-state index >= 15 is 0 Å². The molecule has 0 amide bonds. The fourth-order valence-electron chi connectivity index (χ4n) is 2.11. The molecule has 0 saturated heterocycles. The van der Waals surface area contributed by atoms with Crippen molar-refractivity contribution in [3.63, 3.8) is 0 Å². The maximum atomic E-state index is 13.8. The predicted octanol–water partition coefficient (Wildman–Crippen LogP) is 3.81. The van der Waals surface area contributed by atoms with Crippen LogP contribution in [0.2, 0.25) is 5.02 Å². The van der Waals surface area contributed by atoms with Gasteiger partial charge in [0.15, 0.2) is 0 Å². The van der Waals surface area contributed by atoms with Crippen LogP contribution in [0.5, 0.6) is 5.75 Å². The molecule has 1 aromatic heterocycles. The minimum atomic E-state index is -0.329. The zero-order chi connectivity index (χ0) is 16.9. The average molecular weight is 365 g/mol. The van der Waals surface area contributed by atoms with Crippen LogP contribution in [0.1, 0.15) is 11.1 Å². The van der Waals surface area contributed by atoms with E-state index in [-0.39, 0.29) is 5.82 Å². The van der Waals surface area contributed by atoms with Crippen molar-refractivity contribution in [2.24, 2.45) is 0 Å². The van der Waals surface area contributed by atoms with Gasteiger partial charge in [-0.2, -0.15) is 0 Å². The summed E-state index contributed by atoms with van der Waals surface area (Å²) in [5.74, 6) is 0.817. The van der Waals surface area contributed by atoms with Crippen LogP contribution < -0.4 is 4.74 Å². The smallest absolute Gasteiger partial charge is 0.209 e. The average Bonchev–Trinajstić information content (AvgIpc) is 3.02. The molecule has 2 aromatic carbocycles. The highest BCUT2D eigenvalue weighted by atomic mass is 35.5. The Hall–Kier alpha value is -2.12. The highest BCUT2D eigenvalue weighted by molar-refractivity contribution is 7.98. The Morgan fingerprint density at radius 1 is 1.21 bits per heavy atom. The molecule has 0 saturated carbocycles. The summed E-state index contributed by atoms with van der Waals surface area (Å²) in [6.07, 6.45) is 0. The summed E-state index contributed by atoms with van der Waals surface area (Å²) in [6, 6.07) is 12.3. The topological polar surface area (TPSA) is 52.8 Å². The third kappa shape index (κ3) is 3.85. The van der Waals surface area contributed by atoms with E-state index in [4.69, 9.17) is 16.3 Å². The standard InChI is InChI=1S/C16H14ClFN4OS/c1-23-12-7-5-11(6-8-12)9-22-16(19-20-21-22)24-10-13-14(17)3-2-4-15(13)18/h2-8H,9-10H2,1H3. The van der Waals surface area contributed by atoms with Crippen molar-refractivity contribution >= 4 is 23.4 Å². The first-order chi connectivity index (χ1) is 11.7. The van der Waals surface area contributed by atoms with E-state index in [2.05, 4.69) is 15.5 Å². The lowest BCUT2D eigenvalue weighted by Gasteiger charge is -2.07. The molecule has 0 aliphatic carbocycles. The quantitative estimate of drug-likeness (QED) is 0.622. The number of halogens is 2. The van der Waals surface area contributed by atoms with Gasteiger partial charge < -0.3 is 4.74 Å². The van der Waals surface area contributed by atoms with Gasteiger partial charge in [-0.1, -0.05) is 41.6 Å². The molecule has 0 radical (unpaired) electrons. The van der Waals surface area contributed by atoms with Crippen molar-refractivity contribution in [2.45, 2.75) is 17.5 Å². The highest BCUT2D eigenvalue weighted by Gasteiger charge is 2.12. The van der Waals surface area contributed by atoms with E-state index in [1.165, 1.54) is 17.8 Å². The van der Waals surface area contributed by atoms with Gasteiger partial charge in [-0.3, -0.25) is 0 Å². The van der Waals surface area contributed by atoms with Crippen LogP contribution in [-0.2, 0) is 12.3 Å². The molecule has 0 unspecified atom stereocenters. The summed E-state index contributed by atoms with van der Waals surface area (Å²) in [5.41, 5.74) is 1.48. The van der Waals surface area contributed by atoms with Gasteiger partial charge >= 0.3 is 0 Å². The van der Waals surface area contributed by atoms with Crippen LogP contribution >= 0.6 is 23.4 Å². The maximum absolute atomic E-state index is 13.8. The Labute approximate surface area is 147 Å². The number of rotatable bonds is 6. The monoisotopic (exact) mass is 364 g/mol. The normalized spacial score (nSPS) is 10.8. The van der Waals surface area contributed by atoms with Crippen molar-refractivity contribution < 1.29 is 9.13 Å². The summed E-state index contributed by atoms with van der Waals surface area (Å²) in [6.45, 7) is 0.518. The van der Waals surface area contributed by atoms with Gasteiger partial charge in [0.25, 0.3) is 0 Å². The maximum Gasteiger partial charge on any atom is 0.209 e. The van der Waals surface area contributed by atoms with Gasteiger partial charge in [-0.05, 0) is 40.3 Å². The van der Waals surface area contributed by atoms with Crippen molar-refractivity contribution in [3.05, 3.63) is 64.4 Å². The molecular weight excluding hydrogens is 351 g/mol. The molecule has 8 heteroatoms. The van der Waals surface area contributed by atoms with E-state index in [0.717, 1.165) is 11.3 Å². The number of aromatic nitrogens is 4. The van der Waals surface area contributed by atoms with Gasteiger partial charge in [-0.25, -0.2) is 9.07 Å². The molecule has 3 aromatic rings. The first-order valence-corrected chi connectivity index (χ1v) is 8.48. The lowest BCUT2D eigenvalue weighted by Crippen LogP contribution is -2.04. The second-order valence-electron chi connectivity index (χ2n) is 4.96. The molecule has 0 N–H and O–H groups in total. The molecule has 3 rings (SSSR count). The number of hydrogen-bond donors (Lipinski definition) is 0. The Kier molecular flexibility index (Phi) is 5.32. The Morgan fingerprint density at radius 2 is 2.00 bits per heavy atom. The fraction of sp³-hybridized carbons (Fsp3) is 0.188. The summed E-state index contributed by atoms with van der Waals surface area (Å²) in [5, 5.41) is 12.7. The summed E-state index contributed by atoms with van der Waals surface area (Å²) in [4.78, 5) is 0. The Morgan fingerprint density at radius 3 is 2.71 bits per heavy atom. The molecule has 0 bridgehead atoms. The summed E-state index contributed by atoms with van der Waals surface area (Å²) < 4.78 is 20.6. The van der Waals surface area contributed by atoms with Crippen LogP contribution in [0.4, 0.5) is 4.39 Å². The summed E-state index contributed by atoms with van der Waals surface area (Å²) in [7, 11) is 1.62. The van der Waals surface area contributed by atoms with Gasteiger partial charge in [0.05, 0.1) is 13.7 Å². The molecule has 0 atom stereocenters. The number of ether oxygens (including phenoxy) is 1. The number of benzene rings is 2. The van der Waals surface area contributed by atoms with Crippen molar-refractivity contribution in [3.8, 4) is 5.75 Å². The van der Waals surface area contributed by atoms with Crippen LogP contribution in [0.15, 0.2) is 47.6 Å². The fourth-order valence-corrected chi connectivity index (χ4v) is 3.33. The van der Waals surface area contributed by atoms with E-state index in [1.807, 2.05) is 24.3 Å². The first kappa shape index (κ1) is 16.7. The van der Waals surface area contributed by atoms with E-state index in [9.17, 15) is 4.39 Å². The number of methoxy groups -OCH3 is 1. The Balaban J connectivity index is 1.71. The first-order valence-electron chi connectivity index (χ1n) is 7.12. The third-order valence-corrected chi connectivity index (χ3v) is 4.74. The second-order valence-corrected chi connectivity index (χ2v) is 6.31. The molecular formula is C16H14ClFN4OS. The van der Waals surface area contributed by atoms with Crippen LogP contribution in [0.25, 0.3) is 0 Å². The predicted molar refractivity (Wildman–Crippen MR) is 90.9 cm³/mol. The van der Waals surface area contributed by atoms with Gasteiger partial charge in [0, 0.05) is 16.3 Å². The number of tetrazole rings is 1. The molecule has 0 fully saturated rings. The zero-order valence-electron chi connectivity index (χ0n) is 12.8. The molecule has 0 aliphatic heterocycles. The zero-order valence-corrected chi connectivity index (χ0v) is 14.4.